The van der Waals surface area contributed by atoms with Gasteiger partial charge in [-0.05, 0) is 43.0 Å². The zero-order chi connectivity index (χ0) is 13.2. The summed E-state index contributed by atoms with van der Waals surface area (Å²) >= 11 is 0. The Morgan fingerprint density at radius 2 is 2.00 bits per heavy atom. The molecule has 0 saturated carbocycles. The van der Waals surface area contributed by atoms with Crippen molar-refractivity contribution in [2.24, 2.45) is 0 Å². The Kier molecular flexibility index (Phi) is 4.02. The van der Waals surface area contributed by atoms with Gasteiger partial charge in [-0.15, -0.1) is 0 Å². The Balaban J connectivity index is 1.90. The fourth-order valence-corrected chi connectivity index (χ4v) is 3.67. The molecule has 0 aromatic heterocycles. The van der Waals surface area contributed by atoms with Crippen molar-refractivity contribution in [1.82, 2.24) is 5.32 Å². The van der Waals surface area contributed by atoms with Crippen LogP contribution in [0.2, 0.25) is 0 Å². The van der Waals surface area contributed by atoms with E-state index in [-0.39, 0.29) is 23.4 Å². The molecule has 0 atom stereocenters. The number of nitrogens with one attached hydrogen (secondary N) is 1. The van der Waals surface area contributed by atoms with E-state index in [4.69, 9.17) is 0 Å². The Morgan fingerprint density at radius 3 is 2.67 bits per heavy atom. The van der Waals surface area contributed by atoms with Crippen LogP contribution in [0.4, 0.5) is 4.39 Å². The van der Waals surface area contributed by atoms with Gasteiger partial charge < -0.3 is 5.32 Å². The highest BCUT2D eigenvalue weighted by molar-refractivity contribution is 7.91. The highest BCUT2D eigenvalue weighted by Gasteiger charge is 2.23. The van der Waals surface area contributed by atoms with Gasteiger partial charge in [-0.3, -0.25) is 0 Å². The third-order valence-corrected chi connectivity index (χ3v) is 5.16. The van der Waals surface area contributed by atoms with Gasteiger partial charge in [-0.1, -0.05) is 6.07 Å². The van der Waals surface area contributed by atoms with Crippen LogP contribution in [-0.2, 0) is 16.4 Å². The molecule has 3 nitrogen and oxygen atoms in total. The van der Waals surface area contributed by atoms with E-state index in [0.717, 1.165) is 11.1 Å². The van der Waals surface area contributed by atoms with E-state index >= 15 is 0 Å². The zero-order valence-electron chi connectivity index (χ0n) is 10.4. The summed E-state index contributed by atoms with van der Waals surface area (Å²) < 4.78 is 35.7. The standard InChI is InChI=1S/C13H18FNO2S/c1-10-2-3-12(14)8-11(10)9-15-13-4-6-18(16,17)7-5-13/h2-3,8,13,15H,4-7,9H2,1H3. The monoisotopic (exact) mass is 271 g/mol. The molecule has 0 unspecified atom stereocenters. The minimum absolute atomic E-state index is 0.219. The van der Waals surface area contributed by atoms with Gasteiger partial charge in [0.05, 0.1) is 11.5 Å². The maximum atomic E-state index is 13.1. The number of hydrogen-bond acceptors (Lipinski definition) is 3. The van der Waals surface area contributed by atoms with Gasteiger partial charge in [0.25, 0.3) is 0 Å². The molecule has 2 rings (SSSR count). The first kappa shape index (κ1) is 13.5. The number of benzene rings is 1. The normalized spacial score (nSPS) is 19.9. The SMILES string of the molecule is Cc1ccc(F)cc1CNC1CCS(=O)(=O)CC1. The lowest BCUT2D eigenvalue weighted by Crippen LogP contribution is -2.37. The lowest BCUT2D eigenvalue weighted by Gasteiger charge is -2.23. The molecular weight excluding hydrogens is 253 g/mol. The van der Waals surface area contributed by atoms with Crippen LogP contribution in [0.5, 0.6) is 0 Å². The summed E-state index contributed by atoms with van der Waals surface area (Å²) in [5.41, 5.74) is 1.98. The lowest BCUT2D eigenvalue weighted by molar-refractivity contribution is 0.462. The first-order valence-electron chi connectivity index (χ1n) is 6.15. The van der Waals surface area contributed by atoms with Crippen molar-refractivity contribution in [3.05, 3.63) is 35.1 Å². The maximum absolute atomic E-state index is 13.1. The van der Waals surface area contributed by atoms with Crippen molar-refractivity contribution in [3.8, 4) is 0 Å². The molecule has 1 fully saturated rings. The predicted octanol–water partition coefficient (Wildman–Crippen LogP) is 1.80. The minimum Gasteiger partial charge on any atom is -0.310 e. The summed E-state index contributed by atoms with van der Waals surface area (Å²) in [4.78, 5) is 0. The molecule has 18 heavy (non-hydrogen) atoms. The van der Waals surface area contributed by atoms with E-state index in [1.807, 2.05) is 6.92 Å². The molecule has 1 aromatic rings. The van der Waals surface area contributed by atoms with Gasteiger partial charge in [0.15, 0.2) is 0 Å². The predicted molar refractivity (Wildman–Crippen MR) is 69.7 cm³/mol. The summed E-state index contributed by atoms with van der Waals surface area (Å²) in [6.07, 6.45) is 1.30. The Bertz CT molecular complexity index is 514. The first-order chi connectivity index (χ1) is 8.46. The molecule has 0 aliphatic carbocycles. The average Bonchev–Trinajstić information content (AvgIpc) is 2.32. The number of halogens is 1. The molecule has 100 valence electrons. The fourth-order valence-electron chi connectivity index (χ4n) is 2.18. The van der Waals surface area contributed by atoms with Gasteiger partial charge in [-0.25, -0.2) is 12.8 Å². The van der Waals surface area contributed by atoms with Crippen molar-refractivity contribution >= 4 is 9.84 Å². The van der Waals surface area contributed by atoms with Crippen LogP contribution in [0, 0.1) is 12.7 Å². The molecule has 0 amide bonds. The number of aryl methyl sites for hydroxylation is 1. The van der Waals surface area contributed by atoms with E-state index in [0.29, 0.717) is 19.4 Å². The summed E-state index contributed by atoms with van der Waals surface area (Å²) in [5.74, 6) is 0.281. The molecule has 0 bridgehead atoms. The molecule has 0 radical (unpaired) electrons. The number of sulfone groups is 1. The van der Waals surface area contributed by atoms with E-state index in [1.165, 1.54) is 12.1 Å². The Morgan fingerprint density at radius 1 is 1.33 bits per heavy atom. The zero-order valence-corrected chi connectivity index (χ0v) is 11.3. The summed E-state index contributed by atoms with van der Waals surface area (Å²) in [5, 5.41) is 3.31. The smallest absolute Gasteiger partial charge is 0.150 e. The van der Waals surface area contributed by atoms with E-state index < -0.39 is 9.84 Å². The molecule has 1 heterocycles. The van der Waals surface area contributed by atoms with Crippen molar-refractivity contribution in [2.75, 3.05) is 11.5 Å². The third kappa shape index (κ3) is 3.53. The minimum atomic E-state index is -2.81. The second kappa shape index (κ2) is 5.36. The van der Waals surface area contributed by atoms with Crippen LogP contribution in [-0.4, -0.2) is 26.0 Å². The largest absolute Gasteiger partial charge is 0.310 e. The van der Waals surface area contributed by atoms with Crippen molar-refractivity contribution < 1.29 is 12.8 Å². The molecule has 1 aliphatic rings. The van der Waals surface area contributed by atoms with Gasteiger partial charge in [-0.2, -0.15) is 0 Å². The highest BCUT2D eigenvalue weighted by atomic mass is 32.2. The van der Waals surface area contributed by atoms with Crippen molar-refractivity contribution in [3.63, 3.8) is 0 Å². The molecule has 0 spiro atoms. The van der Waals surface area contributed by atoms with E-state index in [1.54, 1.807) is 6.07 Å². The van der Waals surface area contributed by atoms with Gasteiger partial charge in [0.1, 0.15) is 15.7 Å². The maximum Gasteiger partial charge on any atom is 0.150 e. The molecule has 5 heteroatoms. The second-order valence-corrected chi connectivity index (χ2v) is 7.18. The van der Waals surface area contributed by atoms with Crippen molar-refractivity contribution in [2.45, 2.75) is 32.4 Å². The van der Waals surface area contributed by atoms with Crippen LogP contribution in [0.1, 0.15) is 24.0 Å². The van der Waals surface area contributed by atoms with Crippen LogP contribution < -0.4 is 5.32 Å². The number of rotatable bonds is 3. The summed E-state index contributed by atoms with van der Waals surface area (Å²) in [7, 11) is -2.81. The van der Waals surface area contributed by atoms with Crippen LogP contribution in [0.15, 0.2) is 18.2 Å². The highest BCUT2D eigenvalue weighted by Crippen LogP contribution is 2.14. The number of hydrogen-bond donors (Lipinski definition) is 1. The molecular formula is C13H18FNO2S. The van der Waals surface area contributed by atoms with Crippen LogP contribution in [0.3, 0.4) is 0 Å². The van der Waals surface area contributed by atoms with Gasteiger partial charge >= 0.3 is 0 Å². The molecule has 1 N–H and O–H groups in total. The summed E-state index contributed by atoms with van der Waals surface area (Å²) in [6.45, 7) is 2.54. The second-order valence-electron chi connectivity index (χ2n) is 4.88. The fraction of sp³-hybridized carbons (Fsp3) is 0.538. The van der Waals surface area contributed by atoms with Gasteiger partial charge in [0, 0.05) is 12.6 Å². The Labute approximate surface area is 107 Å². The quantitative estimate of drug-likeness (QED) is 0.912. The molecule has 1 saturated heterocycles. The molecule has 1 aromatic carbocycles. The van der Waals surface area contributed by atoms with Crippen molar-refractivity contribution in [1.29, 1.82) is 0 Å². The Hall–Kier alpha value is -0.940. The average molecular weight is 271 g/mol. The summed E-state index contributed by atoms with van der Waals surface area (Å²) in [6, 6.07) is 4.96. The topological polar surface area (TPSA) is 46.2 Å². The first-order valence-corrected chi connectivity index (χ1v) is 7.97. The van der Waals surface area contributed by atoms with E-state index in [2.05, 4.69) is 5.32 Å². The van der Waals surface area contributed by atoms with Crippen LogP contribution in [0.25, 0.3) is 0 Å². The van der Waals surface area contributed by atoms with Gasteiger partial charge in [0.2, 0.25) is 0 Å². The van der Waals surface area contributed by atoms with Crippen LogP contribution >= 0.6 is 0 Å². The molecule has 1 aliphatic heterocycles. The lowest BCUT2D eigenvalue weighted by atomic mass is 10.1. The third-order valence-electron chi connectivity index (χ3n) is 3.45. The van der Waals surface area contributed by atoms with E-state index in [9.17, 15) is 12.8 Å².